The van der Waals surface area contributed by atoms with Crippen molar-refractivity contribution in [2.45, 2.75) is 37.3 Å². The molecule has 0 saturated heterocycles. The minimum Gasteiger partial charge on any atom is -0.494 e. The molecule has 1 N–H and O–H groups in total. The first kappa shape index (κ1) is 19.1. The number of ether oxygens (including phenoxy) is 1. The first-order valence-electron chi connectivity index (χ1n) is 8.91. The van der Waals surface area contributed by atoms with Crippen molar-refractivity contribution in [3.63, 3.8) is 0 Å². The Morgan fingerprint density at radius 1 is 1.04 bits per heavy atom. The number of hydrogen-bond acceptors (Lipinski definition) is 4. The highest BCUT2D eigenvalue weighted by atomic mass is 32.2. The third-order valence-corrected chi connectivity index (χ3v) is 5.40. The van der Waals surface area contributed by atoms with E-state index in [9.17, 15) is 4.79 Å². The number of carbonyl (C=O) groups excluding carboxylic acids is 1. The van der Waals surface area contributed by atoms with Gasteiger partial charge in [0.2, 0.25) is 0 Å². The van der Waals surface area contributed by atoms with Crippen LogP contribution in [0.1, 0.15) is 34.2 Å². The number of para-hydroxylation sites is 1. The van der Waals surface area contributed by atoms with Crippen LogP contribution in [0.4, 0.5) is 0 Å². The number of rotatable bonds is 7. The van der Waals surface area contributed by atoms with E-state index in [0.717, 1.165) is 16.2 Å². The van der Waals surface area contributed by atoms with Crippen LogP contribution < -0.4 is 10.1 Å². The summed E-state index contributed by atoms with van der Waals surface area (Å²) < 4.78 is 11.3. The van der Waals surface area contributed by atoms with E-state index in [4.69, 9.17) is 9.15 Å². The van der Waals surface area contributed by atoms with Gasteiger partial charge >= 0.3 is 0 Å². The number of hydrogen-bond donors (Lipinski definition) is 1. The summed E-state index contributed by atoms with van der Waals surface area (Å²) in [6.45, 7) is 7.05. The summed E-state index contributed by atoms with van der Waals surface area (Å²) in [5.41, 5.74) is 3.31. The number of nitrogens with one attached hydrogen (secondary N) is 1. The van der Waals surface area contributed by atoms with E-state index in [1.54, 1.807) is 6.07 Å². The molecule has 1 heterocycles. The fourth-order valence-corrected chi connectivity index (χ4v) is 3.69. The lowest BCUT2D eigenvalue weighted by atomic mass is 10.2. The molecule has 1 aromatic heterocycles. The van der Waals surface area contributed by atoms with Crippen molar-refractivity contribution in [3.8, 4) is 5.75 Å². The molecule has 0 radical (unpaired) electrons. The zero-order valence-corrected chi connectivity index (χ0v) is 16.6. The van der Waals surface area contributed by atoms with Crippen molar-refractivity contribution in [1.29, 1.82) is 0 Å². The number of carbonyl (C=O) groups is 1. The van der Waals surface area contributed by atoms with Crippen molar-refractivity contribution in [3.05, 3.63) is 77.0 Å². The predicted molar refractivity (Wildman–Crippen MR) is 108 cm³/mol. The Labute approximate surface area is 163 Å². The van der Waals surface area contributed by atoms with Crippen molar-refractivity contribution in [1.82, 2.24) is 5.32 Å². The van der Waals surface area contributed by atoms with Gasteiger partial charge in [-0.05, 0) is 50.1 Å². The summed E-state index contributed by atoms with van der Waals surface area (Å²) in [7, 11) is 0. The molecule has 0 aliphatic carbocycles. The lowest BCUT2D eigenvalue weighted by molar-refractivity contribution is 0.0918. The van der Waals surface area contributed by atoms with Gasteiger partial charge in [-0.3, -0.25) is 4.79 Å². The van der Waals surface area contributed by atoms with Crippen molar-refractivity contribution < 1.29 is 13.9 Å². The molecule has 140 valence electrons. The third kappa shape index (κ3) is 4.74. The molecule has 1 amide bonds. The van der Waals surface area contributed by atoms with Gasteiger partial charge in [0.05, 0.1) is 6.61 Å². The molecule has 2 aromatic carbocycles. The van der Waals surface area contributed by atoms with Crippen molar-refractivity contribution in [2.75, 3.05) is 6.61 Å². The fourth-order valence-electron chi connectivity index (χ4n) is 2.77. The monoisotopic (exact) mass is 381 g/mol. The second-order valence-corrected chi connectivity index (χ2v) is 7.18. The van der Waals surface area contributed by atoms with E-state index in [1.807, 2.05) is 43.3 Å². The van der Waals surface area contributed by atoms with Crippen molar-refractivity contribution in [2.24, 2.45) is 0 Å². The highest BCUT2D eigenvalue weighted by Gasteiger charge is 2.14. The van der Waals surface area contributed by atoms with Gasteiger partial charge in [-0.25, -0.2) is 0 Å². The number of benzene rings is 2. The van der Waals surface area contributed by atoms with E-state index in [0.29, 0.717) is 24.0 Å². The average Bonchev–Trinajstić information content (AvgIpc) is 3.13. The van der Waals surface area contributed by atoms with Crippen LogP contribution >= 0.6 is 11.8 Å². The van der Waals surface area contributed by atoms with Crippen LogP contribution in [0.2, 0.25) is 0 Å². The molecule has 0 bridgehead atoms. The first-order valence-corrected chi connectivity index (χ1v) is 9.73. The van der Waals surface area contributed by atoms with Crippen LogP contribution in [0, 0.1) is 13.8 Å². The summed E-state index contributed by atoms with van der Waals surface area (Å²) in [5, 5.41) is 3.59. The molecule has 0 unspecified atom stereocenters. The van der Waals surface area contributed by atoms with Crippen LogP contribution in [-0.2, 0) is 6.54 Å². The molecule has 3 rings (SSSR count). The zero-order chi connectivity index (χ0) is 19.2. The Morgan fingerprint density at radius 3 is 2.52 bits per heavy atom. The fraction of sp³-hybridized carbons (Fsp3) is 0.227. The second kappa shape index (κ2) is 8.82. The van der Waals surface area contributed by atoms with E-state index in [2.05, 4.69) is 31.3 Å². The molecule has 0 spiro atoms. The topological polar surface area (TPSA) is 51.5 Å². The third-order valence-electron chi connectivity index (χ3n) is 4.13. The molecular formula is C22H23NO3S. The normalized spacial score (nSPS) is 10.6. The zero-order valence-electron chi connectivity index (χ0n) is 15.7. The molecule has 27 heavy (non-hydrogen) atoms. The smallest absolute Gasteiger partial charge is 0.287 e. The quantitative estimate of drug-likeness (QED) is 0.597. The van der Waals surface area contributed by atoms with E-state index >= 15 is 0 Å². The summed E-state index contributed by atoms with van der Waals surface area (Å²) in [4.78, 5) is 13.6. The predicted octanol–water partition coefficient (Wildman–Crippen LogP) is 5.38. The minimum absolute atomic E-state index is 0.241. The van der Waals surface area contributed by atoms with Crippen LogP contribution in [0.25, 0.3) is 0 Å². The molecule has 0 aliphatic rings. The molecule has 0 saturated carbocycles. The maximum Gasteiger partial charge on any atom is 0.287 e. The van der Waals surface area contributed by atoms with Crippen LogP contribution in [-0.4, -0.2) is 12.5 Å². The van der Waals surface area contributed by atoms with E-state index < -0.39 is 0 Å². The molecule has 4 nitrogen and oxygen atoms in total. The van der Waals surface area contributed by atoms with Gasteiger partial charge in [-0.2, -0.15) is 0 Å². The van der Waals surface area contributed by atoms with Crippen LogP contribution in [0.5, 0.6) is 5.75 Å². The first-order chi connectivity index (χ1) is 13.1. The molecule has 5 heteroatoms. The van der Waals surface area contributed by atoms with Crippen molar-refractivity contribution >= 4 is 17.7 Å². The second-order valence-electron chi connectivity index (χ2n) is 6.17. The molecule has 0 aliphatic heterocycles. The summed E-state index contributed by atoms with van der Waals surface area (Å²) >= 11 is 1.54. The van der Waals surface area contributed by atoms with Gasteiger partial charge in [0, 0.05) is 17.0 Å². The lowest BCUT2D eigenvalue weighted by Crippen LogP contribution is -2.22. The Kier molecular flexibility index (Phi) is 6.24. The Hall–Kier alpha value is -2.66. The highest BCUT2D eigenvalue weighted by Crippen LogP contribution is 2.33. The summed E-state index contributed by atoms with van der Waals surface area (Å²) in [6.07, 6.45) is 0. The largest absolute Gasteiger partial charge is 0.494 e. The molecule has 0 atom stereocenters. The van der Waals surface area contributed by atoms with Gasteiger partial charge in [0.25, 0.3) is 5.91 Å². The van der Waals surface area contributed by atoms with Gasteiger partial charge < -0.3 is 14.5 Å². The standard InChI is InChI=1S/C22H23NO3S/c1-4-25-18-11-6-5-10-17(18)14-23-22(24)19-12-13-20(26-19)27-21-15(2)8-7-9-16(21)3/h5-13H,4,14H2,1-3H3,(H,23,24). The van der Waals surface area contributed by atoms with Gasteiger partial charge in [-0.1, -0.05) is 48.2 Å². The van der Waals surface area contributed by atoms with E-state index in [1.165, 1.54) is 22.9 Å². The van der Waals surface area contributed by atoms with Crippen LogP contribution in [0.3, 0.4) is 0 Å². The van der Waals surface area contributed by atoms with Crippen LogP contribution in [0.15, 0.2) is 69.0 Å². The number of amides is 1. The number of furan rings is 1. The molecule has 3 aromatic rings. The molecular weight excluding hydrogens is 358 g/mol. The van der Waals surface area contributed by atoms with Gasteiger partial charge in [0.1, 0.15) is 5.75 Å². The SMILES string of the molecule is CCOc1ccccc1CNC(=O)c1ccc(Sc2c(C)cccc2C)o1. The lowest BCUT2D eigenvalue weighted by Gasteiger charge is -2.10. The Bertz CT molecular complexity index is 913. The summed E-state index contributed by atoms with van der Waals surface area (Å²) in [6, 6.07) is 17.4. The Balaban J connectivity index is 1.65. The Morgan fingerprint density at radius 2 is 1.78 bits per heavy atom. The maximum absolute atomic E-state index is 12.4. The maximum atomic E-state index is 12.4. The van der Waals surface area contributed by atoms with E-state index in [-0.39, 0.29) is 5.91 Å². The van der Waals surface area contributed by atoms with Gasteiger partial charge in [0.15, 0.2) is 10.9 Å². The highest BCUT2D eigenvalue weighted by molar-refractivity contribution is 7.99. The van der Waals surface area contributed by atoms with Gasteiger partial charge in [-0.15, -0.1) is 0 Å². The molecule has 0 fully saturated rings. The minimum atomic E-state index is -0.241. The summed E-state index contributed by atoms with van der Waals surface area (Å²) in [5.74, 6) is 0.846. The average molecular weight is 381 g/mol. The number of aryl methyl sites for hydroxylation is 2.